The number of benzene rings is 1. The number of hydrogen-bond acceptors (Lipinski definition) is 3. The second-order valence-electron chi connectivity index (χ2n) is 3.95. The summed E-state index contributed by atoms with van der Waals surface area (Å²) in [5.74, 6) is 1.63. The first-order valence-electron chi connectivity index (χ1n) is 6.33. The average molecular weight is 238 g/mol. The van der Waals surface area contributed by atoms with Crippen LogP contribution in [0.1, 0.15) is 32.6 Å². The van der Waals surface area contributed by atoms with Crippen molar-refractivity contribution in [3.8, 4) is 11.5 Å². The third-order valence-electron chi connectivity index (χ3n) is 2.45. The molecule has 0 fully saturated rings. The SMILES string of the molecule is CCCCCCOc1ccc(OCCO)cc1. The van der Waals surface area contributed by atoms with Crippen molar-refractivity contribution in [1.29, 1.82) is 0 Å². The second kappa shape index (κ2) is 8.88. The summed E-state index contributed by atoms with van der Waals surface area (Å²) in [6, 6.07) is 7.51. The maximum Gasteiger partial charge on any atom is 0.119 e. The van der Waals surface area contributed by atoms with E-state index < -0.39 is 0 Å². The van der Waals surface area contributed by atoms with Crippen LogP contribution in [0.4, 0.5) is 0 Å². The molecule has 0 bridgehead atoms. The van der Waals surface area contributed by atoms with E-state index in [1.807, 2.05) is 24.3 Å². The molecule has 1 aromatic rings. The van der Waals surface area contributed by atoms with Crippen LogP contribution in [0.2, 0.25) is 0 Å². The maximum absolute atomic E-state index is 8.62. The minimum Gasteiger partial charge on any atom is -0.494 e. The van der Waals surface area contributed by atoms with E-state index in [-0.39, 0.29) is 6.61 Å². The molecule has 3 heteroatoms. The predicted molar refractivity (Wildman–Crippen MR) is 68.7 cm³/mol. The predicted octanol–water partition coefficient (Wildman–Crippen LogP) is 3.02. The summed E-state index contributed by atoms with van der Waals surface area (Å²) >= 11 is 0. The molecule has 3 nitrogen and oxygen atoms in total. The molecule has 1 rings (SSSR count). The molecule has 0 aliphatic carbocycles. The smallest absolute Gasteiger partial charge is 0.119 e. The largest absolute Gasteiger partial charge is 0.494 e. The van der Waals surface area contributed by atoms with Crippen LogP contribution in [0, 0.1) is 0 Å². The molecule has 0 unspecified atom stereocenters. The highest BCUT2D eigenvalue weighted by atomic mass is 16.5. The Morgan fingerprint density at radius 2 is 1.47 bits per heavy atom. The summed E-state index contributed by atoms with van der Waals surface area (Å²) in [5.41, 5.74) is 0. The van der Waals surface area contributed by atoms with Crippen LogP contribution in [0.5, 0.6) is 11.5 Å². The molecule has 0 amide bonds. The quantitative estimate of drug-likeness (QED) is 0.672. The summed E-state index contributed by atoms with van der Waals surface area (Å²) in [7, 11) is 0. The van der Waals surface area contributed by atoms with Gasteiger partial charge in [0, 0.05) is 0 Å². The van der Waals surface area contributed by atoms with Crippen LogP contribution in [-0.4, -0.2) is 24.9 Å². The second-order valence-corrected chi connectivity index (χ2v) is 3.95. The van der Waals surface area contributed by atoms with Crippen LogP contribution < -0.4 is 9.47 Å². The molecule has 0 radical (unpaired) electrons. The highest BCUT2D eigenvalue weighted by Gasteiger charge is 1.96. The third kappa shape index (κ3) is 6.17. The van der Waals surface area contributed by atoms with Crippen molar-refractivity contribution < 1.29 is 14.6 Å². The lowest BCUT2D eigenvalue weighted by molar-refractivity contribution is 0.201. The fourth-order valence-electron chi connectivity index (χ4n) is 1.51. The lowest BCUT2D eigenvalue weighted by Gasteiger charge is -2.07. The topological polar surface area (TPSA) is 38.7 Å². The Morgan fingerprint density at radius 3 is 2.00 bits per heavy atom. The number of ether oxygens (including phenoxy) is 2. The Balaban J connectivity index is 2.20. The normalized spacial score (nSPS) is 10.2. The zero-order chi connectivity index (χ0) is 12.3. The summed E-state index contributed by atoms with van der Waals surface area (Å²) in [5, 5.41) is 8.62. The Labute approximate surface area is 103 Å². The van der Waals surface area contributed by atoms with Crippen molar-refractivity contribution in [2.75, 3.05) is 19.8 Å². The molecule has 0 spiro atoms. The van der Waals surface area contributed by atoms with Gasteiger partial charge in [0.15, 0.2) is 0 Å². The Hall–Kier alpha value is -1.22. The Bertz CT molecular complexity index is 282. The van der Waals surface area contributed by atoms with Crippen LogP contribution in [0.3, 0.4) is 0 Å². The van der Waals surface area contributed by atoms with E-state index in [2.05, 4.69) is 6.92 Å². The van der Waals surface area contributed by atoms with Crippen molar-refractivity contribution in [3.63, 3.8) is 0 Å². The summed E-state index contributed by atoms with van der Waals surface area (Å²) in [6.45, 7) is 3.34. The van der Waals surface area contributed by atoms with Crippen molar-refractivity contribution >= 4 is 0 Å². The Kier molecular flexibility index (Phi) is 7.23. The molecule has 0 saturated heterocycles. The first-order chi connectivity index (χ1) is 8.36. The van der Waals surface area contributed by atoms with E-state index in [0.717, 1.165) is 24.5 Å². The number of aliphatic hydroxyl groups is 1. The van der Waals surface area contributed by atoms with Crippen LogP contribution >= 0.6 is 0 Å². The summed E-state index contributed by atoms with van der Waals surface area (Å²) < 4.78 is 10.9. The van der Waals surface area contributed by atoms with Gasteiger partial charge in [0.05, 0.1) is 13.2 Å². The molecular weight excluding hydrogens is 216 g/mol. The standard InChI is InChI=1S/C14H22O3/c1-2-3-4-5-11-16-13-6-8-14(9-7-13)17-12-10-15/h6-9,15H,2-5,10-12H2,1H3. The fourth-order valence-corrected chi connectivity index (χ4v) is 1.51. The first kappa shape index (κ1) is 13.8. The third-order valence-corrected chi connectivity index (χ3v) is 2.45. The highest BCUT2D eigenvalue weighted by Crippen LogP contribution is 2.17. The molecule has 1 aromatic carbocycles. The van der Waals surface area contributed by atoms with Gasteiger partial charge in [-0.15, -0.1) is 0 Å². The van der Waals surface area contributed by atoms with Gasteiger partial charge in [-0.05, 0) is 30.7 Å². The average Bonchev–Trinajstić information content (AvgIpc) is 2.37. The number of rotatable bonds is 9. The van der Waals surface area contributed by atoms with Crippen LogP contribution in [0.25, 0.3) is 0 Å². The molecule has 0 heterocycles. The van der Waals surface area contributed by atoms with Crippen LogP contribution in [0.15, 0.2) is 24.3 Å². The zero-order valence-electron chi connectivity index (χ0n) is 10.5. The number of aliphatic hydroxyl groups excluding tert-OH is 1. The van der Waals surface area contributed by atoms with Crippen molar-refractivity contribution in [2.24, 2.45) is 0 Å². The molecular formula is C14H22O3. The van der Waals surface area contributed by atoms with Gasteiger partial charge < -0.3 is 14.6 Å². The van der Waals surface area contributed by atoms with E-state index in [9.17, 15) is 0 Å². The van der Waals surface area contributed by atoms with Crippen molar-refractivity contribution in [2.45, 2.75) is 32.6 Å². The van der Waals surface area contributed by atoms with E-state index in [1.165, 1.54) is 19.3 Å². The Morgan fingerprint density at radius 1 is 0.882 bits per heavy atom. The van der Waals surface area contributed by atoms with Crippen molar-refractivity contribution in [3.05, 3.63) is 24.3 Å². The van der Waals surface area contributed by atoms with E-state index in [0.29, 0.717) is 6.61 Å². The van der Waals surface area contributed by atoms with E-state index in [1.54, 1.807) is 0 Å². The van der Waals surface area contributed by atoms with Gasteiger partial charge in [0.25, 0.3) is 0 Å². The summed E-state index contributed by atoms with van der Waals surface area (Å²) in [6.07, 6.45) is 4.86. The molecule has 0 saturated carbocycles. The minimum absolute atomic E-state index is 0.0374. The number of hydrogen-bond donors (Lipinski definition) is 1. The molecule has 1 N–H and O–H groups in total. The fraction of sp³-hybridized carbons (Fsp3) is 0.571. The van der Waals surface area contributed by atoms with Gasteiger partial charge in [-0.2, -0.15) is 0 Å². The van der Waals surface area contributed by atoms with Gasteiger partial charge in [-0.1, -0.05) is 26.2 Å². The maximum atomic E-state index is 8.62. The molecule has 0 aliphatic heterocycles. The molecule has 96 valence electrons. The van der Waals surface area contributed by atoms with Crippen LogP contribution in [-0.2, 0) is 0 Å². The first-order valence-corrected chi connectivity index (χ1v) is 6.33. The molecule has 0 aromatic heterocycles. The van der Waals surface area contributed by atoms with Gasteiger partial charge in [-0.3, -0.25) is 0 Å². The molecule has 0 aliphatic rings. The minimum atomic E-state index is 0.0374. The van der Waals surface area contributed by atoms with Gasteiger partial charge in [-0.25, -0.2) is 0 Å². The molecule has 17 heavy (non-hydrogen) atoms. The highest BCUT2D eigenvalue weighted by molar-refractivity contribution is 5.31. The van der Waals surface area contributed by atoms with E-state index >= 15 is 0 Å². The zero-order valence-corrected chi connectivity index (χ0v) is 10.5. The monoisotopic (exact) mass is 238 g/mol. The van der Waals surface area contributed by atoms with Gasteiger partial charge >= 0.3 is 0 Å². The summed E-state index contributed by atoms with van der Waals surface area (Å²) in [4.78, 5) is 0. The van der Waals surface area contributed by atoms with Crippen molar-refractivity contribution in [1.82, 2.24) is 0 Å². The number of unbranched alkanes of at least 4 members (excludes halogenated alkanes) is 3. The molecule has 0 atom stereocenters. The lowest BCUT2D eigenvalue weighted by Crippen LogP contribution is -2.01. The lowest BCUT2D eigenvalue weighted by atomic mass is 10.2. The van der Waals surface area contributed by atoms with E-state index in [4.69, 9.17) is 14.6 Å². The van der Waals surface area contributed by atoms with Gasteiger partial charge in [0.2, 0.25) is 0 Å². The van der Waals surface area contributed by atoms with Gasteiger partial charge in [0.1, 0.15) is 18.1 Å².